The number of carbonyl (C=O) groups is 1. The molecule has 1 aromatic heterocycles. The molecule has 2 aromatic rings. The predicted molar refractivity (Wildman–Crippen MR) is 85.6 cm³/mol. The van der Waals surface area contributed by atoms with Crippen LogP contribution in [0.15, 0.2) is 28.7 Å². The fourth-order valence-electron chi connectivity index (χ4n) is 2.65. The first kappa shape index (κ1) is 16.9. The van der Waals surface area contributed by atoms with Crippen molar-refractivity contribution in [3.63, 3.8) is 0 Å². The fourth-order valence-corrected chi connectivity index (χ4v) is 2.65. The second-order valence-corrected chi connectivity index (χ2v) is 5.65. The lowest BCUT2D eigenvalue weighted by Gasteiger charge is -2.35. The van der Waals surface area contributed by atoms with Crippen LogP contribution < -0.4 is 4.74 Å². The van der Waals surface area contributed by atoms with Gasteiger partial charge in [0.25, 0.3) is 5.91 Å². The van der Waals surface area contributed by atoms with Crippen LogP contribution in [0.25, 0.3) is 0 Å². The van der Waals surface area contributed by atoms with E-state index in [9.17, 15) is 4.79 Å². The van der Waals surface area contributed by atoms with E-state index in [2.05, 4.69) is 16.3 Å². The Bertz CT molecular complexity index is 798. The predicted octanol–water partition coefficient (Wildman–Crippen LogP) is 1.62. The number of morpholine rings is 1. The molecule has 8 heteroatoms. The topological polar surface area (TPSA) is 101 Å². The van der Waals surface area contributed by atoms with Gasteiger partial charge in [0, 0.05) is 13.5 Å². The van der Waals surface area contributed by atoms with Crippen molar-refractivity contribution < 1.29 is 18.7 Å². The highest BCUT2D eigenvalue weighted by atomic mass is 16.5. The number of ether oxygens (including phenoxy) is 2. The third-order valence-corrected chi connectivity index (χ3v) is 3.90. The van der Waals surface area contributed by atoms with Crippen LogP contribution >= 0.6 is 0 Å². The van der Waals surface area contributed by atoms with Gasteiger partial charge >= 0.3 is 0 Å². The summed E-state index contributed by atoms with van der Waals surface area (Å²) in [6, 6.07) is 8.42. The monoisotopic (exact) mass is 342 g/mol. The van der Waals surface area contributed by atoms with Gasteiger partial charge < -0.3 is 18.8 Å². The maximum absolute atomic E-state index is 12.9. The zero-order valence-corrected chi connectivity index (χ0v) is 14.0. The number of nitriles is 1. The number of hydrogen-bond donors (Lipinski definition) is 0. The molecule has 3 rings (SSSR count). The zero-order valence-electron chi connectivity index (χ0n) is 14.0. The molecule has 2 heterocycles. The summed E-state index contributed by atoms with van der Waals surface area (Å²) in [5.74, 6) is 0.927. The summed E-state index contributed by atoms with van der Waals surface area (Å²) < 4.78 is 16.6. The van der Waals surface area contributed by atoms with Crippen LogP contribution in [0.2, 0.25) is 0 Å². The van der Waals surface area contributed by atoms with Gasteiger partial charge in [-0.1, -0.05) is 12.1 Å². The first-order valence-electron chi connectivity index (χ1n) is 7.94. The van der Waals surface area contributed by atoms with Crippen molar-refractivity contribution in [2.24, 2.45) is 0 Å². The molecule has 130 valence electrons. The molecular weight excluding hydrogens is 324 g/mol. The molecule has 1 aromatic carbocycles. The second kappa shape index (κ2) is 7.32. The molecule has 1 aliphatic rings. The molecule has 0 spiro atoms. The van der Waals surface area contributed by atoms with E-state index in [4.69, 9.17) is 19.2 Å². The molecule has 0 radical (unpaired) electrons. The lowest BCUT2D eigenvalue weighted by molar-refractivity contribution is -0.148. The molecule has 2 atom stereocenters. The zero-order chi connectivity index (χ0) is 17.8. The first-order valence-corrected chi connectivity index (χ1v) is 7.94. The van der Waals surface area contributed by atoms with Gasteiger partial charge in [-0.25, -0.2) is 0 Å². The van der Waals surface area contributed by atoms with Crippen LogP contribution in [0.4, 0.5) is 0 Å². The molecule has 0 N–H and O–H groups in total. The highest BCUT2D eigenvalue weighted by Crippen LogP contribution is 2.25. The Morgan fingerprint density at radius 1 is 1.44 bits per heavy atom. The molecule has 0 unspecified atom stereocenters. The molecule has 0 bridgehead atoms. The average Bonchev–Trinajstić information content (AvgIpc) is 3.07. The van der Waals surface area contributed by atoms with E-state index in [-0.39, 0.29) is 12.5 Å². The molecule has 1 aliphatic heterocycles. The summed E-state index contributed by atoms with van der Waals surface area (Å²) >= 11 is 0. The number of aromatic nitrogens is 2. The third-order valence-electron chi connectivity index (χ3n) is 3.90. The largest absolute Gasteiger partial charge is 0.480 e. The number of nitrogens with zero attached hydrogens (tertiary/aromatic N) is 4. The summed E-state index contributed by atoms with van der Waals surface area (Å²) in [5, 5.41) is 17.0. The Kier molecular flexibility index (Phi) is 4.95. The van der Waals surface area contributed by atoms with Gasteiger partial charge in [-0.3, -0.25) is 4.79 Å². The summed E-state index contributed by atoms with van der Waals surface area (Å²) in [6.45, 7) is 4.46. The Hall–Kier alpha value is -2.92. The van der Waals surface area contributed by atoms with Crippen molar-refractivity contribution in [2.45, 2.75) is 26.0 Å². The average molecular weight is 342 g/mol. The fraction of sp³-hybridized carbons (Fsp3) is 0.412. The lowest BCUT2D eigenvalue weighted by Crippen LogP contribution is -2.48. The van der Waals surface area contributed by atoms with Crippen LogP contribution in [0.3, 0.4) is 0 Å². The lowest BCUT2D eigenvalue weighted by atomic mass is 10.2. The maximum atomic E-state index is 12.9. The summed E-state index contributed by atoms with van der Waals surface area (Å²) in [5.41, 5.74) is 0.383. The highest BCUT2D eigenvalue weighted by Gasteiger charge is 2.35. The van der Waals surface area contributed by atoms with E-state index in [1.54, 1.807) is 43.0 Å². The molecule has 1 fully saturated rings. The summed E-state index contributed by atoms with van der Waals surface area (Å²) in [7, 11) is 0. The number of carbonyl (C=O) groups excluding carboxylic acids is 1. The molecule has 1 saturated heterocycles. The Balaban J connectivity index is 1.76. The second-order valence-electron chi connectivity index (χ2n) is 5.65. The molecule has 1 amide bonds. The Morgan fingerprint density at radius 3 is 2.96 bits per heavy atom. The molecule has 8 nitrogen and oxygen atoms in total. The van der Waals surface area contributed by atoms with Crippen molar-refractivity contribution >= 4 is 5.91 Å². The number of benzene rings is 1. The van der Waals surface area contributed by atoms with Gasteiger partial charge in [0.15, 0.2) is 6.10 Å². The third kappa shape index (κ3) is 3.61. The minimum Gasteiger partial charge on any atom is -0.480 e. The Labute approximate surface area is 145 Å². The van der Waals surface area contributed by atoms with Gasteiger partial charge in [0.1, 0.15) is 17.9 Å². The number of para-hydroxylation sites is 1. The molecular formula is C17H18N4O4. The number of aryl methyl sites for hydroxylation is 1. The number of rotatable bonds is 4. The van der Waals surface area contributed by atoms with Gasteiger partial charge in [-0.05, 0) is 19.1 Å². The molecule has 0 saturated carbocycles. The van der Waals surface area contributed by atoms with Crippen molar-refractivity contribution in [3.8, 4) is 11.8 Å². The quantitative estimate of drug-likeness (QED) is 0.832. The van der Waals surface area contributed by atoms with Crippen LogP contribution in [-0.2, 0) is 9.53 Å². The molecule has 25 heavy (non-hydrogen) atoms. The highest BCUT2D eigenvalue weighted by molar-refractivity contribution is 5.81. The van der Waals surface area contributed by atoms with Crippen LogP contribution in [0.1, 0.15) is 30.3 Å². The van der Waals surface area contributed by atoms with E-state index in [1.165, 1.54) is 0 Å². The van der Waals surface area contributed by atoms with E-state index in [1.807, 2.05) is 0 Å². The summed E-state index contributed by atoms with van der Waals surface area (Å²) in [4.78, 5) is 14.5. The van der Waals surface area contributed by atoms with Crippen LogP contribution in [0, 0.1) is 18.3 Å². The number of hydrogen-bond acceptors (Lipinski definition) is 7. The SMILES string of the molecule is Cc1nnc([C@H]2COCCN2C(=O)[C@H](C)Oc2ccccc2C#N)o1. The Morgan fingerprint density at radius 2 is 2.24 bits per heavy atom. The van der Waals surface area contributed by atoms with Gasteiger partial charge in [-0.2, -0.15) is 5.26 Å². The standard InChI is InChI=1S/C17H18N4O4/c1-11(24-15-6-4-3-5-13(15)9-18)17(22)21-7-8-23-10-14(21)16-20-19-12(2)25-16/h3-6,11,14H,7-8,10H2,1-2H3/t11-,14+/m0/s1. The summed E-state index contributed by atoms with van der Waals surface area (Å²) in [6.07, 6.45) is -0.765. The maximum Gasteiger partial charge on any atom is 0.264 e. The van der Waals surface area contributed by atoms with E-state index >= 15 is 0 Å². The first-order chi connectivity index (χ1) is 12.1. The van der Waals surface area contributed by atoms with Crippen molar-refractivity contribution in [1.29, 1.82) is 5.26 Å². The van der Waals surface area contributed by atoms with Gasteiger partial charge in [0.05, 0.1) is 18.8 Å². The van der Waals surface area contributed by atoms with Crippen LogP contribution in [0.5, 0.6) is 5.75 Å². The van der Waals surface area contributed by atoms with Crippen molar-refractivity contribution in [3.05, 3.63) is 41.6 Å². The molecule has 0 aliphatic carbocycles. The normalized spacial score (nSPS) is 18.4. The van der Waals surface area contributed by atoms with Gasteiger partial charge in [0.2, 0.25) is 11.8 Å². The van der Waals surface area contributed by atoms with Crippen molar-refractivity contribution in [1.82, 2.24) is 15.1 Å². The smallest absolute Gasteiger partial charge is 0.264 e. The minimum atomic E-state index is -0.765. The van der Waals surface area contributed by atoms with E-state index in [0.29, 0.717) is 36.2 Å². The van der Waals surface area contributed by atoms with Crippen molar-refractivity contribution in [2.75, 3.05) is 19.8 Å². The number of amides is 1. The van der Waals surface area contributed by atoms with E-state index in [0.717, 1.165) is 0 Å². The van der Waals surface area contributed by atoms with Crippen LogP contribution in [-0.4, -0.2) is 46.9 Å². The van der Waals surface area contributed by atoms with Gasteiger partial charge in [-0.15, -0.1) is 10.2 Å². The van der Waals surface area contributed by atoms with E-state index < -0.39 is 12.1 Å². The minimum absolute atomic E-state index is 0.225.